The highest BCUT2D eigenvalue weighted by molar-refractivity contribution is 5.74. The number of aliphatic carboxylic acids is 1. The van der Waals surface area contributed by atoms with E-state index >= 15 is 0 Å². The minimum Gasteiger partial charge on any atom is -0.479 e. The van der Waals surface area contributed by atoms with Crippen LogP contribution in [0, 0.1) is 0 Å². The van der Waals surface area contributed by atoms with E-state index in [1.165, 1.54) is 38.5 Å². The lowest BCUT2D eigenvalue weighted by molar-refractivity contribution is -0.301. The lowest BCUT2D eigenvalue weighted by atomic mass is 9.98. The zero-order valence-electron chi connectivity index (χ0n) is 45.3. The summed E-state index contributed by atoms with van der Waals surface area (Å²) in [5.41, 5.74) is 0. The van der Waals surface area contributed by atoms with Gasteiger partial charge in [0.15, 0.2) is 24.6 Å². The SMILES string of the molecule is CC/C=C\C/C=C\C/C=C\C/C=C\CCC(=O)OC1C(OCC(COC(=O)CCCCCCC/C=C\C/C=C\CCCCC)OC(=O)CCCCCCC/C=C\C/C=C\CCCCC)OC(C(=O)O)C(O)C1O. The number of carboxylic acids is 1. The second-order valence-corrected chi connectivity index (χ2v) is 18.8. The van der Waals surface area contributed by atoms with Gasteiger partial charge in [-0.1, -0.05) is 182 Å². The maximum Gasteiger partial charge on any atom is 0.335 e. The average Bonchev–Trinajstić information content (AvgIpc) is 3.37. The summed E-state index contributed by atoms with van der Waals surface area (Å²) in [5.74, 6) is -3.27. The number of rotatable bonds is 46. The van der Waals surface area contributed by atoms with E-state index in [0.717, 1.165) is 109 Å². The van der Waals surface area contributed by atoms with Gasteiger partial charge in [0.1, 0.15) is 18.8 Å². The van der Waals surface area contributed by atoms with Crippen molar-refractivity contribution in [2.24, 2.45) is 0 Å². The molecule has 0 spiro atoms. The highest BCUT2D eigenvalue weighted by atomic mass is 16.7. The molecule has 0 amide bonds. The van der Waals surface area contributed by atoms with E-state index in [1.54, 1.807) is 0 Å². The summed E-state index contributed by atoms with van der Waals surface area (Å²) in [6, 6.07) is 0. The summed E-state index contributed by atoms with van der Waals surface area (Å²) < 4.78 is 28.3. The first-order chi connectivity index (χ1) is 35.6. The van der Waals surface area contributed by atoms with Crippen molar-refractivity contribution in [1.82, 2.24) is 0 Å². The molecule has 1 saturated heterocycles. The van der Waals surface area contributed by atoms with Crippen LogP contribution in [-0.4, -0.2) is 89.2 Å². The molecule has 3 N–H and O–H groups in total. The van der Waals surface area contributed by atoms with Crippen molar-refractivity contribution in [3.8, 4) is 0 Å². The van der Waals surface area contributed by atoms with Crippen LogP contribution in [0.25, 0.3) is 0 Å². The summed E-state index contributed by atoms with van der Waals surface area (Å²) in [4.78, 5) is 51.0. The van der Waals surface area contributed by atoms with Gasteiger partial charge in [-0.25, -0.2) is 4.79 Å². The highest BCUT2D eigenvalue weighted by Crippen LogP contribution is 2.26. The smallest absolute Gasteiger partial charge is 0.335 e. The molecule has 0 aliphatic carbocycles. The Morgan fingerprint density at radius 3 is 1.37 bits per heavy atom. The molecule has 1 fully saturated rings. The van der Waals surface area contributed by atoms with Crippen LogP contribution in [0.5, 0.6) is 0 Å². The van der Waals surface area contributed by atoms with E-state index in [1.807, 2.05) is 18.2 Å². The van der Waals surface area contributed by atoms with Gasteiger partial charge in [-0.05, 0) is 109 Å². The van der Waals surface area contributed by atoms with Crippen LogP contribution in [0.4, 0.5) is 0 Å². The van der Waals surface area contributed by atoms with E-state index in [-0.39, 0.29) is 25.9 Å². The minimum absolute atomic E-state index is 0.0678. The fourth-order valence-electron chi connectivity index (χ4n) is 7.79. The maximum atomic E-state index is 13.1. The van der Waals surface area contributed by atoms with Crippen molar-refractivity contribution in [3.63, 3.8) is 0 Å². The van der Waals surface area contributed by atoms with Gasteiger partial charge in [-0.2, -0.15) is 0 Å². The van der Waals surface area contributed by atoms with E-state index < -0.39 is 67.3 Å². The number of allylic oxidation sites excluding steroid dienone is 16. The number of carbonyl (C=O) groups is 4. The second kappa shape index (κ2) is 48.6. The summed E-state index contributed by atoms with van der Waals surface area (Å²) in [6.07, 6.45) is 51.1. The van der Waals surface area contributed by atoms with Crippen molar-refractivity contribution in [3.05, 3.63) is 97.2 Å². The number of aliphatic hydroxyl groups excluding tert-OH is 2. The third-order valence-electron chi connectivity index (χ3n) is 12.1. The Labute approximate surface area is 441 Å². The molecule has 1 aliphatic heterocycles. The van der Waals surface area contributed by atoms with Gasteiger partial charge in [0, 0.05) is 19.3 Å². The number of esters is 3. The van der Waals surface area contributed by atoms with Gasteiger partial charge in [0.2, 0.25) is 0 Å². The zero-order chi connectivity index (χ0) is 53.3. The Morgan fingerprint density at radius 2 is 0.890 bits per heavy atom. The Morgan fingerprint density at radius 1 is 0.466 bits per heavy atom. The molecular weight excluding hydrogens is 925 g/mol. The molecule has 0 radical (unpaired) electrons. The maximum absolute atomic E-state index is 13.1. The first-order valence-corrected chi connectivity index (χ1v) is 28.2. The van der Waals surface area contributed by atoms with Gasteiger partial charge in [0.25, 0.3) is 0 Å². The number of unbranched alkanes of at least 4 members (excludes halogenated alkanes) is 16. The summed E-state index contributed by atoms with van der Waals surface area (Å²) >= 11 is 0. The third kappa shape index (κ3) is 38.8. The molecule has 0 aromatic rings. The molecule has 0 bridgehead atoms. The van der Waals surface area contributed by atoms with Gasteiger partial charge in [-0.3, -0.25) is 14.4 Å². The van der Waals surface area contributed by atoms with Crippen LogP contribution in [0.2, 0.25) is 0 Å². The highest BCUT2D eigenvalue weighted by Gasteiger charge is 2.50. The van der Waals surface area contributed by atoms with Crippen LogP contribution in [0.3, 0.4) is 0 Å². The fourth-order valence-corrected chi connectivity index (χ4v) is 7.79. The Hall–Kier alpha value is -4.36. The fraction of sp³-hybridized carbons (Fsp3) is 0.672. The Balaban J connectivity index is 2.77. The zero-order valence-corrected chi connectivity index (χ0v) is 45.3. The molecule has 0 aromatic heterocycles. The number of carbonyl (C=O) groups excluding carboxylic acids is 3. The van der Waals surface area contributed by atoms with Gasteiger partial charge in [0.05, 0.1) is 6.61 Å². The van der Waals surface area contributed by atoms with Crippen molar-refractivity contribution >= 4 is 23.9 Å². The van der Waals surface area contributed by atoms with Gasteiger partial charge in [-0.15, -0.1) is 0 Å². The first kappa shape index (κ1) is 66.7. The molecule has 6 atom stereocenters. The topological polar surface area (TPSA) is 175 Å². The van der Waals surface area contributed by atoms with E-state index in [9.17, 15) is 34.5 Å². The lowest BCUT2D eigenvalue weighted by Crippen LogP contribution is -2.61. The van der Waals surface area contributed by atoms with Crippen molar-refractivity contribution in [1.29, 1.82) is 0 Å². The van der Waals surface area contributed by atoms with Crippen LogP contribution in [0.1, 0.15) is 213 Å². The Bertz CT molecular complexity index is 1640. The molecule has 12 nitrogen and oxygen atoms in total. The predicted octanol–water partition coefficient (Wildman–Crippen LogP) is 14.1. The van der Waals surface area contributed by atoms with Crippen LogP contribution in [-0.2, 0) is 42.9 Å². The number of ether oxygens (including phenoxy) is 5. The normalized spacial score (nSPS) is 19.1. The van der Waals surface area contributed by atoms with E-state index in [0.29, 0.717) is 25.7 Å². The second-order valence-electron chi connectivity index (χ2n) is 18.8. The van der Waals surface area contributed by atoms with Gasteiger partial charge >= 0.3 is 23.9 Å². The lowest BCUT2D eigenvalue weighted by Gasteiger charge is -2.40. The molecule has 73 heavy (non-hydrogen) atoms. The number of hydrogen-bond donors (Lipinski definition) is 3. The average molecular weight is 1020 g/mol. The number of carboxylic acid groups (broad SMARTS) is 1. The van der Waals surface area contributed by atoms with Crippen LogP contribution < -0.4 is 0 Å². The standard InChI is InChI=1S/C61H98O12/c1-4-7-10-13-16-19-22-25-27-30-32-35-38-41-44-47-53(62)69-50-52(71-54(63)48-45-42-39-36-34-31-28-26-23-20-17-14-11-8-5-2)51-70-61-59(57(66)56(65)58(73-61)60(67)68)72-55(64)49-46-43-40-37-33-29-24-21-18-15-12-9-6-3/h9,12,16-21,25-29,33,40,43,52,56-59,61,65-66H,4-8,10-11,13-15,22-24,30-32,34-39,41-42,44-51H2,1-3H3,(H,67,68)/b12-9-,19-16-,20-17-,21-18-,27-25-,28-26-,33-29-,43-40-. The largest absolute Gasteiger partial charge is 0.479 e. The van der Waals surface area contributed by atoms with Crippen molar-refractivity contribution in [2.45, 2.75) is 250 Å². The summed E-state index contributed by atoms with van der Waals surface area (Å²) in [7, 11) is 0. The molecule has 414 valence electrons. The molecule has 1 rings (SSSR count). The van der Waals surface area contributed by atoms with Crippen molar-refractivity contribution < 1.29 is 58.2 Å². The molecule has 1 heterocycles. The summed E-state index contributed by atoms with van der Waals surface area (Å²) in [6.45, 7) is 5.74. The van der Waals surface area contributed by atoms with E-state index in [2.05, 4.69) is 99.8 Å². The summed E-state index contributed by atoms with van der Waals surface area (Å²) in [5, 5.41) is 31.4. The molecule has 1 aliphatic rings. The molecule has 12 heteroatoms. The first-order valence-electron chi connectivity index (χ1n) is 28.2. The third-order valence-corrected chi connectivity index (χ3v) is 12.1. The molecular formula is C61H98O12. The molecule has 6 unspecified atom stereocenters. The monoisotopic (exact) mass is 1020 g/mol. The number of hydrogen-bond acceptors (Lipinski definition) is 11. The van der Waals surface area contributed by atoms with Crippen LogP contribution in [0.15, 0.2) is 97.2 Å². The van der Waals surface area contributed by atoms with Crippen LogP contribution >= 0.6 is 0 Å². The van der Waals surface area contributed by atoms with Crippen molar-refractivity contribution in [2.75, 3.05) is 13.2 Å². The van der Waals surface area contributed by atoms with E-state index in [4.69, 9.17) is 23.7 Å². The van der Waals surface area contributed by atoms with Gasteiger partial charge < -0.3 is 39.0 Å². The number of aliphatic hydroxyl groups is 2. The molecule has 0 aromatic carbocycles. The molecule has 0 saturated carbocycles. The Kier molecular flexibility index (Phi) is 44.4. The minimum atomic E-state index is -1.93. The predicted molar refractivity (Wildman–Crippen MR) is 294 cm³/mol. The quantitative estimate of drug-likeness (QED) is 0.0228.